The fraction of sp³-hybridized carbons (Fsp3) is 0.364. The second-order valence-electron chi connectivity index (χ2n) is 6.79. The van der Waals surface area contributed by atoms with E-state index >= 15 is 0 Å². The van der Waals surface area contributed by atoms with Crippen LogP contribution in [0.5, 0.6) is 5.75 Å². The standard InChI is InChI=1S/C22H22F6O3/c1-3-7-16-12-18(20(21(23,24)25,22(26,27)28)31-14-30-2)13-17(19(16)29)11-10-15-8-5-4-6-9-15/h4-6,8-13,29H,3,7,14H2,1-2H3. The lowest BCUT2D eigenvalue weighted by atomic mass is 9.87. The van der Waals surface area contributed by atoms with Crippen LogP contribution in [-0.4, -0.2) is 31.4 Å². The maximum atomic E-state index is 13.9. The summed E-state index contributed by atoms with van der Waals surface area (Å²) in [7, 11) is 0.921. The zero-order valence-electron chi connectivity index (χ0n) is 16.8. The first-order valence-corrected chi connectivity index (χ1v) is 9.33. The van der Waals surface area contributed by atoms with Crippen molar-refractivity contribution in [1.82, 2.24) is 0 Å². The van der Waals surface area contributed by atoms with Crippen molar-refractivity contribution in [3.8, 4) is 5.75 Å². The Bertz CT molecular complexity index is 875. The van der Waals surface area contributed by atoms with Crippen LogP contribution in [0.3, 0.4) is 0 Å². The highest BCUT2D eigenvalue weighted by Gasteiger charge is 2.73. The molecule has 0 saturated carbocycles. The van der Waals surface area contributed by atoms with Crippen LogP contribution >= 0.6 is 0 Å². The Hall–Kier alpha value is -2.52. The van der Waals surface area contributed by atoms with Gasteiger partial charge in [-0.15, -0.1) is 0 Å². The van der Waals surface area contributed by atoms with Crippen LogP contribution in [0.15, 0.2) is 42.5 Å². The molecule has 0 saturated heterocycles. The number of hydrogen-bond acceptors (Lipinski definition) is 3. The molecule has 9 heteroatoms. The summed E-state index contributed by atoms with van der Waals surface area (Å²) in [5.41, 5.74) is -5.40. The van der Waals surface area contributed by atoms with Gasteiger partial charge in [-0.25, -0.2) is 0 Å². The smallest absolute Gasteiger partial charge is 0.430 e. The van der Waals surface area contributed by atoms with Crippen molar-refractivity contribution >= 4 is 12.2 Å². The van der Waals surface area contributed by atoms with E-state index in [1.807, 2.05) is 0 Å². The summed E-state index contributed by atoms with van der Waals surface area (Å²) >= 11 is 0. The molecule has 170 valence electrons. The van der Waals surface area contributed by atoms with Crippen molar-refractivity contribution in [2.24, 2.45) is 0 Å². The topological polar surface area (TPSA) is 38.7 Å². The normalized spacial score (nSPS) is 13.2. The number of aryl methyl sites for hydroxylation is 1. The zero-order valence-corrected chi connectivity index (χ0v) is 16.8. The van der Waals surface area contributed by atoms with Crippen molar-refractivity contribution in [2.75, 3.05) is 13.9 Å². The van der Waals surface area contributed by atoms with E-state index < -0.39 is 30.3 Å². The van der Waals surface area contributed by atoms with Crippen LogP contribution in [0, 0.1) is 0 Å². The first-order valence-electron chi connectivity index (χ1n) is 9.33. The second-order valence-corrected chi connectivity index (χ2v) is 6.79. The molecule has 0 aliphatic carbocycles. The quantitative estimate of drug-likeness (QED) is 0.286. The molecule has 0 spiro atoms. The largest absolute Gasteiger partial charge is 0.507 e. The van der Waals surface area contributed by atoms with E-state index in [2.05, 4.69) is 9.47 Å². The molecule has 0 bridgehead atoms. The van der Waals surface area contributed by atoms with Crippen molar-refractivity contribution < 1.29 is 40.9 Å². The van der Waals surface area contributed by atoms with Crippen molar-refractivity contribution in [2.45, 2.75) is 37.7 Å². The molecular weight excluding hydrogens is 426 g/mol. The Kier molecular flexibility index (Phi) is 7.77. The summed E-state index contributed by atoms with van der Waals surface area (Å²) in [4.78, 5) is 0. The molecule has 0 aliphatic rings. The van der Waals surface area contributed by atoms with Gasteiger partial charge in [0.15, 0.2) is 0 Å². The monoisotopic (exact) mass is 448 g/mol. The van der Waals surface area contributed by atoms with Crippen LogP contribution in [0.1, 0.15) is 35.6 Å². The van der Waals surface area contributed by atoms with Crippen LogP contribution in [-0.2, 0) is 21.5 Å². The van der Waals surface area contributed by atoms with E-state index in [9.17, 15) is 31.4 Å². The number of benzene rings is 2. The van der Waals surface area contributed by atoms with E-state index in [0.29, 0.717) is 24.1 Å². The fourth-order valence-corrected chi connectivity index (χ4v) is 3.14. The van der Waals surface area contributed by atoms with Crippen molar-refractivity contribution in [3.05, 3.63) is 64.7 Å². The van der Waals surface area contributed by atoms with E-state index in [4.69, 9.17) is 0 Å². The molecule has 0 radical (unpaired) electrons. The molecule has 0 aliphatic heterocycles. The number of methoxy groups -OCH3 is 1. The molecule has 31 heavy (non-hydrogen) atoms. The van der Waals surface area contributed by atoms with Crippen molar-refractivity contribution in [1.29, 1.82) is 0 Å². The molecule has 0 atom stereocenters. The fourth-order valence-electron chi connectivity index (χ4n) is 3.14. The molecule has 2 aromatic rings. The van der Waals surface area contributed by atoms with Crippen LogP contribution in [0.25, 0.3) is 12.2 Å². The molecule has 0 unspecified atom stereocenters. The van der Waals surface area contributed by atoms with Crippen LogP contribution in [0.2, 0.25) is 0 Å². The molecule has 0 amide bonds. The Morgan fingerprint density at radius 2 is 1.55 bits per heavy atom. The van der Waals surface area contributed by atoms with E-state index in [-0.39, 0.29) is 23.3 Å². The lowest BCUT2D eigenvalue weighted by Gasteiger charge is -2.37. The first kappa shape index (κ1) is 24.7. The Morgan fingerprint density at radius 3 is 2.06 bits per heavy atom. The third-order valence-corrected chi connectivity index (χ3v) is 4.59. The zero-order chi connectivity index (χ0) is 23.3. The SMILES string of the molecule is CCCc1cc(C(OCOC)(C(F)(F)F)C(F)(F)F)cc(C=Cc2ccccc2)c1O. The van der Waals surface area contributed by atoms with Gasteiger partial charge in [0.2, 0.25) is 0 Å². The van der Waals surface area contributed by atoms with Gasteiger partial charge in [-0.05, 0) is 29.7 Å². The lowest BCUT2D eigenvalue weighted by molar-refractivity contribution is -0.400. The van der Waals surface area contributed by atoms with E-state index in [1.165, 1.54) is 12.2 Å². The van der Waals surface area contributed by atoms with Gasteiger partial charge in [-0.1, -0.05) is 55.8 Å². The number of phenolic OH excluding ortho intramolecular Hbond substituents is 1. The number of rotatable bonds is 8. The van der Waals surface area contributed by atoms with E-state index in [1.54, 1.807) is 37.3 Å². The van der Waals surface area contributed by atoms with Gasteiger partial charge < -0.3 is 14.6 Å². The summed E-state index contributed by atoms with van der Waals surface area (Å²) in [5.74, 6) is -0.386. The second kappa shape index (κ2) is 9.74. The lowest BCUT2D eigenvalue weighted by Crippen LogP contribution is -2.56. The summed E-state index contributed by atoms with van der Waals surface area (Å²) in [6.07, 6.45) is -8.48. The number of aromatic hydroxyl groups is 1. The van der Waals surface area contributed by atoms with Gasteiger partial charge in [-0.3, -0.25) is 0 Å². The summed E-state index contributed by atoms with van der Waals surface area (Å²) in [5, 5.41) is 10.5. The summed E-state index contributed by atoms with van der Waals surface area (Å²) in [6.45, 7) is 0.450. The molecule has 2 aromatic carbocycles. The number of hydrogen-bond donors (Lipinski definition) is 1. The van der Waals surface area contributed by atoms with Crippen LogP contribution in [0.4, 0.5) is 26.3 Å². The maximum Gasteiger partial charge on any atom is 0.430 e. The number of alkyl halides is 6. The van der Waals surface area contributed by atoms with Gasteiger partial charge in [0, 0.05) is 18.2 Å². The van der Waals surface area contributed by atoms with Gasteiger partial charge in [0.1, 0.15) is 12.5 Å². The predicted molar refractivity (Wildman–Crippen MR) is 104 cm³/mol. The van der Waals surface area contributed by atoms with E-state index in [0.717, 1.165) is 7.11 Å². The molecule has 0 fully saturated rings. The molecule has 1 N–H and O–H groups in total. The summed E-state index contributed by atoms with van der Waals surface area (Å²) in [6, 6.07) is 9.91. The number of halogens is 6. The van der Waals surface area contributed by atoms with Crippen LogP contribution < -0.4 is 0 Å². The molecule has 2 rings (SSSR count). The molecule has 0 aromatic heterocycles. The Labute approximate surface area is 175 Å². The van der Waals surface area contributed by atoms with Gasteiger partial charge in [-0.2, -0.15) is 26.3 Å². The van der Waals surface area contributed by atoms with Gasteiger partial charge >= 0.3 is 12.4 Å². The number of ether oxygens (including phenoxy) is 2. The average molecular weight is 448 g/mol. The highest BCUT2D eigenvalue weighted by molar-refractivity contribution is 5.74. The minimum absolute atomic E-state index is 0.0494. The predicted octanol–water partition coefficient (Wildman–Crippen LogP) is 6.46. The number of phenols is 1. The van der Waals surface area contributed by atoms with Gasteiger partial charge in [0.05, 0.1) is 0 Å². The Balaban J connectivity index is 2.76. The minimum atomic E-state index is -5.84. The minimum Gasteiger partial charge on any atom is -0.507 e. The summed E-state index contributed by atoms with van der Waals surface area (Å²) < 4.78 is 92.1. The Morgan fingerprint density at radius 1 is 0.935 bits per heavy atom. The highest BCUT2D eigenvalue weighted by Crippen LogP contribution is 2.54. The first-order chi connectivity index (χ1) is 14.5. The third-order valence-electron chi connectivity index (χ3n) is 4.59. The molecule has 0 heterocycles. The molecular formula is C22H22F6O3. The average Bonchev–Trinajstić information content (AvgIpc) is 2.68. The van der Waals surface area contributed by atoms with Crippen molar-refractivity contribution in [3.63, 3.8) is 0 Å². The maximum absolute atomic E-state index is 13.9. The van der Waals surface area contributed by atoms with Gasteiger partial charge in [0.25, 0.3) is 5.60 Å². The molecule has 3 nitrogen and oxygen atoms in total. The highest BCUT2D eigenvalue weighted by atomic mass is 19.4. The third kappa shape index (κ3) is 5.22.